The minimum atomic E-state index is 1.30. The van der Waals surface area contributed by atoms with E-state index in [0.29, 0.717) is 0 Å². The Labute approximate surface area is 139 Å². The lowest BCUT2D eigenvalue weighted by Gasteiger charge is -2.11. The predicted octanol–water partition coefficient (Wildman–Crippen LogP) is 6.78. The van der Waals surface area contributed by atoms with Crippen molar-refractivity contribution in [2.45, 2.75) is 0 Å². The van der Waals surface area contributed by atoms with Gasteiger partial charge in [0.15, 0.2) is 0 Å². The minimum absolute atomic E-state index is 1.30. The van der Waals surface area contributed by atoms with E-state index in [4.69, 9.17) is 0 Å². The number of fused-ring (bicyclic) bond motifs is 5. The van der Waals surface area contributed by atoms with E-state index in [9.17, 15) is 0 Å². The molecule has 0 amide bonds. The van der Waals surface area contributed by atoms with Gasteiger partial charge in [-0.25, -0.2) is 0 Å². The Morgan fingerprint density at radius 2 is 1.25 bits per heavy atom. The fourth-order valence-corrected chi connectivity index (χ4v) is 4.22. The van der Waals surface area contributed by atoms with Crippen molar-refractivity contribution in [1.82, 2.24) is 0 Å². The van der Waals surface area contributed by atoms with Crippen LogP contribution in [0.15, 0.2) is 72.8 Å². The summed E-state index contributed by atoms with van der Waals surface area (Å²) in [5.74, 6) is 0. The molecule has 0 N–H and O–H groups in total. The molecule has 0 atom stereocenters. The van der Waals surface area contributed by atoms with Crippen molar-refractivity contribution < 1.29 is 0 Å². The highest BCUT2D eigenvalue weighted by Gasteiger charge is 2.13. The van der Waals surface area contributed by atoms with Crippen LogP contribution in [0.5, 0.6) is 0 Å². The zero-order chi connectivity index (χ0) is 15.7. The van der Waals surface area contributed by atoms with Crippen LogP contribution in [0.3, 0.4) is 0 Å². The SMILES string of the molecule is C1=Cc2cc3c4cc5ccccc5cc4ccc3c3cccc1c23. The summed E-state index contributed by atoms with van der Waals surface area (Å²) in [5.41, 5.74) is 2.68. The molecule has 0 bridgehead atoms. The molecule has 0 spiro atoms. The Hall–Kier alpha value is -3.12. The molecule has 5 aromatic carbocycles. The summed E-state index contributed by atoms with van der Waals surface area (Å²) >= 11 is 0. The molecule has 0 saturated carbocycles. The van der Waals surface area contributed by atoms with E-state index in [0.717, 1.165) is 0 Å². The van der Waals surface area contributed by atoms with E-state index in [1.165, 1.54) is 54.2 Å². The molecule has 0 unspecified atom stereocenters. The van der Waals surface area contributed by atoms with Gasteiger partial charge in [0.05, 0.1) is 0 Å². The third-order valence-corrected chi connectivity index (χ3v) is 5.35. The van der Waals surface area contributed by atoms with Gasteiger partial charge >= 0.3 is 0 Å². The molecule has 110 valence electrons. The lowest BCUT2D eigenvalue weighted by molar-refractivity contribution is 1.75. The summed E-state index contributed by atoms with van der Waals surface area (Å²) in [4.78, 5) is 0. The molecule has 0 radical (unpaired) electrons. The third kappa shape index (κ3) is 1.48. The Morgan fingerprint density at radius 3 is 2.17 bits per heavy atom. The smallest absolute Gasteiger partial charge is 0.00324 e. The normalized spacial score (nSPS) is 12.8. The summed E-state index contributed by atoms with van der Waals surface area (Å²) in [5, 5.41) is 10.7. The molecule has 1 aliphatic carbocycles. The van der Waals surface area contributed by atoms with Gasteiger partial charge in [0.25, 0.3) is 0 Å². The van der Waals surface area contributed by atoms with Gasteiger partial charge in [-0.1, -0.05) is 66.7 Å². The monoisotopic (exact) mass is 302 g/mol. The second-order valence-corrected chi connectivity index (χ2v) is 6.65. The molecule has 6 rings (SSSR count). The second-order valence-electron chi connectivity index (χ2n) is 6.65. The van der Waals surface area contributed by atoms with Gasteiger partial charge < -0.3 is 0 Å². The van der Waals surface area contributed by atoms with Gasteiger partial charge in [0.2, 0.25) is 0 Å². The molecule has 0 heteroatoms. The number of benzene rings is 5. The molecular formula is C24H14. The molecule has 0 nitrogen and oxygen atoms in total. The van der Waals surface area contributed by atoms with Gasteiger partial charge in [-0.2, -0.15) is 0 Å². The van der Waals surface area contributed by atoms with E-state index in [2.05, 4.69) is 84.9 Å². The highest BCUT2D eigenvalue weighted by atomic mass is 14.2. The van der Waals surface area contributed by atoms with Gasteiger partial charge in [-0.15, -0.1) is 0 Å². The third-order valence-electron chi connectivity index (χ3n) is 5.35. The lowest BCUT2D eigenvalue weighted by Crippen LogP contribution is -1.85. The molecule has 0 fully saturated rings. The van der Waals surface area contributed by atoms with Gasteiger partial charge in [0.1, 0.15) is 0 Å². The highest BCUT2D eigenvalue weighted by molar-refractivity contribution is 6.23. The van der Waals surface area contributed by atoms with Crippen LogP contribution in [-0.2, 0) is 0 Å². The summed E-state index contributed by atoms with van der Waals surface area (Å²) in [6.45, 7) is 0. The van der Waals surface area contributed by atoms with Crippen molar-refractivity contribution in [1.29, 1.82) is 0 Å². The van der Waals surface area contributed by atoms with Crippen molar-refractivity contribution in [3.8, 4) is 0 Å². The van der Waals surface area contributed by atoms with Crippen LogP contribution in [0.25, 0.3) is 55.2 Å². The maximum atomic E-state index is 2.36. The van der Waals surface area contributed by atoms with E-state index < -0.39 is 0 Å². The fourth-order valence-electron chi connectivity index (χ4n) is 4.22. The Morgan fingerprint density at radius 1 is 0.417 bits per heavy atom. The standard InChI is InChI=1S/C24H14/c1-2-5-17-13-22-18(12-16(17)4-1)10-11-20-21-7-3-6-15-8-9-19(24(15)21)14-23(20)22/h1-14H. The maximum absolute atomic E-state index is 2.36. The van der Waals surface area contributed by atoms with Gasteiger partial charge in [-0.05, 0) is 72.4 Å². The minimum Gasteiger partial charge on any atom is -0.0616 e. The van der Waals surface area contributed by atoms with Crippen LogP contribution >= 0.6 is 0 Å². The zero-order valence-electron chi connectivity index (χ0n) is 13.1. The molecule has 1 aliphatic rings. The number of rotatable bonds is 0. The van der Waals surface area contributed by atoms with Crippen LogP contribution in [0.1, 0.15) is 11.1 Å². The first-order chi connectivity index (χ1) is 11.9. The van der Waals surface area contributed by atoms with Crippen LogP contribution in [0.2, 0.25) is 0 Å². The van der Waals surface area contributed by atoms with E-state index in [-0.39, 0.29) is 0 Å². The van der Waals surface area contributed by atoms with Crippen molar-refractivity contribution in [3.63, 3.8) is 0 Å². The molecule has 5 aromatic rings. The van der Waals surface area contributed by atoms with Crippen LogP contribution in [0, 0.1) is 0 Å². The summed E-state index contributed by atoms with van der Waals surface area (Å²) in [7, 11) is 0. The Kier molecular flexibility index (Phi) is 2.18. The van der Waals surface area contributed by atoms with E-state index in [1.54, 1.807) is 0 Å². The maximum Gasteiger partial charge on any atom is -0.00324 e. The Bertz CT molecular complexity index is 1340. The van der Waals surface area contributed by atoms with Crippen molar-refractivity contribution in [2.24, 2.45) is 0 Å². The first-order valence-electron chi connectivity index (χ1n) is 8.37. The molecular weight excluding hydrogens is 288 g/mol. The molecule has 0 heterocycles. The lowest BCUT2D eigenvalue weighted by atomic mass is 9.93. The van der Waals surface area contributed by atoms with Gasteiger partial charge in [-0.3, -0.25) is 0 Å². The first kappa shape index (κ1) is 12.3. The number of hydrogen-bond donors (Lipinski definition) is 0. The van der Waals surface area contributed by atoms with Crippen LogP contribution in [-0.4, -0.2) is 0 Å². The average molecular weight is 302 g/mol. The summed E-state index contributed by atoms with van der Waals surface area (Å²) < 4.78 is 0. The largest absolute Gasteiger partial charge is 0.0616 e. The van der Waals surface area contributed by atoms with Gasteiger partial charge in [0, 0.05) is 0 Å². The first-order valence-corrected chi connectivity index (χ1v) is 8.37. The molecule has 0 saturated heterocycles. The Balaban J connectivity index is 1.89. The highest BCUT2D eigenvalue weighted by Crippen LogP contribution is 2.39. The van der Waals surface area contributed by atoms with Crippen molar-refractivity contribution in [3.05, 3.63) is 83.9 Å². The zero-order valence-corrected chi connectivity index (χ0v) is 13.1. The quantitative estimate of drug-likeness (QED) is 0.214. The predicted molar refractivity (Wildman–Crippen MR) is 105 cm³/mol. The fraction of sp³-hybridized carbons (Fsp3) is 0. The van der Waals surface area contributed by atoms with Crippen molar-refractivity contribution in [2.75, 3.05) is 0 Å². The molecule has 0 aromatic heterocycles. The van der Waals surface area contributed by atoms with E-state index in [1.807, 2.05) is 0 Å². The van der Waals surface area contributed by atoms with Crippen LogP contribution < -0.4 is 0 Å². The average Bonchev–Trinajstić information content (AvgIpc) is 3.05. The molecule has 24 heavy (non-hydrogen) atoms. The number of hydrogen-bond acceptors (Lipinski definition) is 0. The van der Waals surface area contributed by atoms with Crippen molar-refractivity contribution >= 4 is 55.2 Å². The topological polar surface area (TPSA) is 0 Å². The summed E-state index contributed by atoms with van der Waals surface area (Å²) in [6, 6.07) is 26.8. The van der Waals surface area contributed by atoms with E-state index >= 15 is 0 Å². The second kappa shape index (κ2) is 4.24. The van der Waals surface area contributed by atoms with Crippen LogP contribution in [0.4, 0.5) is 0 Å². The molecule has 0 aliphatic heterocycles. The summed E-state index contributed by atoms with van der Waals surface area (Å²) in [6.07, 6.45) is 4.48.